The number of hydrogen-bond acceptors (Lipinski definition) is 5. The molecular formula is C24H15Cl3FN3O4. The number of imide groups is 1. The molecule has 3 amide bonds. The molecule has 1 aliphatic rings. The molecule has 4 rings (SSSR count). The average Bonchev–Trinajstić information content (AvgIpc) is 3.04. The molecule has 0 saturated carbocycles. The van der Waals surface area contributed by atoms with Crippen molar-refractivity contribution in [3.63, 3.8) is 0 Å². The highest BCUT2D eigenvalue weighted by Crippen LogP contribution is 2.37. The molecule has 178 valence electrons. The van der Waals surface area contributed by atoms with E-state index in [9.17, 15) is 18.8 Å². The summed E-state index contributed by atoms with van der Waals surface area (Å²) in [6.45, 7) is 0. The number of amides is 3. The van der Waals surface area contributed by atoms with Crippen molar-refractivity contribution in [3.05, 3.63) is 92.8 Å². The minimum Gasteiger partial charge on any atom is -0.495 e. The third-order valence-electron chi connectivity index (χ3n) is 4.98. The van der Waals surface area contributed by atoms with Gasteiger partial charge in [-0.3, -0.25) is 14.4 Å². The third kappa shape index (κ3) is 4.95. The van der Waals surface area contributed by atoms with Crippen molar-refractivity contribution in [2.24, 2.45) is 0 Å². The smallest absolute Gasteiger partial charge is 0.283 e. The van der Waals surface area contributed by atoms with Crippen molar-refractivity contribution in [1.82, 2.24) is 0 Å². The monoisotopic (exact) mass is 533 g/mol. The summed E-state index contributed by atoms with van der Waals surface area (Å²) < 4.78 is 18.6. The van der Waals surface area contributed by atoms with Crippen molar-refractivity contribution >= 4 is 69.6 Å². The topological polar surface area (TPSA) is 87.7 Å². The zero-order valence-electron chi connectivity index (χ0n) is 17.9. The summed E-state index contributed by atoms with van der Waals surface area (Å²) in [7, 11) is 1.39. The van der Waals surface area contributed by atoms with E-state index >= 15 is 0 Å². The molecule has 1 aliphatic heterocycles. The van der Waals surface area contributed by atoms with Gasteiger partial charge in [0, 0.05) is 22.0 Å². The molecule has 0 fully saturated rings. The minimum absolute atomic E-state index is 0.134. The fourth-order valence-corrected chi connectivity index (χ4v) is 3.89. The van der Waals surface area contributed by atoms with Gasteiger partial charge in [0.25, 0.3) is 17.7 Å². The number of carbonyl (C=O) groups is 3. The first-order valence-corrected chi connectivity index (χ1v) is 11.1. The lowest BCUT2D eigenvalue weighted by Gasteiger charge is -2.18. The van der Waals surface area contributed by atoms with E-state index in [4.69, 9.17) is 39.5 Å². The van der Waals surface area contributed by atoms with Crippen LogP contribution in [0.5, 0.6) is 5.75 Å². The molecule has 0 aromatic heterocycles. The Kier molecular flexibility index (Phi) is 6.98. The fraction of sp³-hybridized carbons (Fsp3) is 0.0417. The van der Waals surface area contributed by atoms with Gasteiger partial charge in [-0.05, 0) is 54.6 Å². The number of halogens is 4. The second-order valence-electron chi connectivity index (χ2n) is 7.24. The second kappa shape index (κ2) is 9.95. The lowest BCUT2D eigenvalue weighted by molar-refractivity contribution is -0.120. The maximum atomic E-state index is 13.4. The summed E-state index contributed by atoms with van der Waals surface area (Å²) in [4.78, 5) is 39.4. The Morgan fingerprint density at radius 3 is 2.43 bits per heavy atom. The summed E-state index contributed by atoms with van der Waals surface area (Å²) in [5.41, 5.74) is 0.798. The van der Waals surface area contributed by atoms with Crippen LogP contribution >= 0.6 is 34.8 Å². The highest BCUT2D eigenvalue weighted by molar-refractivity contribution is 6.53. The first-order valence-electron chi connectivity index (χ1n) is 9.95. The Hall–Kier alpha value is -3.59. The summed E-state index contributed by atoms with van der Waals surface area (Å²) in [6, 6.07) is 14.4. The number of hydrogen-bond donors (Lipinski definition) is 2. The number of nitrogens with one attached hydrogen (secondary N) is 2. The van der Waals surface area contributed by atoms with Crippen LogP contribution in [0.3, 0.4) is 0 Å². The number of methoxy groups -OCH3 is 1. The first kappa shape index (κ1) is 24.5. The van der Waals surface area contributed by atoms with E-state index in [2.05, 4.69) is 10.6 Å². The van der Waals surface area contributed by atoms with Crippen molar-refractivity contribution < 1.29 is 23.5 Å². The summed E-state index contributed by atoms with van der Waals surface area (Å²) in [6.07, 6.45) is 0. The molecule has 3 aromatic rings. The quantitative estimate of drug-likeness (QED) is 0.389. The predicted octanol–water partition coefficient (Wildman–Crippen LogP) is 5.83. The van der Waals surface area contributed by atoms with Gasteiger partial charge in [0.15, 0.2) is 0 Å². The van der Waals surface area contributed by atoms with Gasteiger partial charge < -0.3 is 15.4 Å². The molecule has 11 heteroatoms. The number of ether oxygens (including phenoxy) is 1. The van der Waals surface area contributed by atoms with E-state index in [1.165, 1.54) is 43.5 Å². The Balaban J connectivity index is 1.56. The molecule has 2 N–H and O–H groups in total. The van der Waals surface area contributed by atoms with Crippen LogP contribution in [-0.4, -0.2) is 24.8 Å². The number of rotatable bonds is 6. The van der Waals surface area contributed by atoms with E-state index in [0.29, 0.717) is 16.4 Å². The van der Waals surface area contributed by atoms with Crippen molar-refractivity contribution in [2.75, 3.05) is 22.6 Å². The van der Waals surface area contributed by atoms with Crippen molar-refractivity contribution in [3.8, 4) is 5.75 Å². The molecule has 35 heavy (non-hydrogen) atoms. The lowest BCUT2D eigenvalue weighted by atomic mass is 10.1. The summed E-state index contributed by atoms with van der Waals surface area (Å²) in [5, 5.41) is 5.23. The van der Waals surface area contributed by atoms with Crippen LogP contribution in [0.1, 0.15) is 10.4 Å². The molecule has 7 nitrogen and oxygen atoms in total. The van der Waals surface area contributed by atoms with E-state index in [-0.39, 0.29) is 32.8 Å². The van der Waals surface area contributed by atoms with Crippen molar-refractivity contribution in [1.29, 1.82) is 0 Å². The molecule has 3 aromatic carbocycles. The number of carbonyl (C=O) groups excluding carboxylic acids is 3. The largest absolute Gasteiger partial charge is 0.495 e. The van der Waals surface area contributed by atoms with Gasteiger partial charge in [-0.2, -0.15) is 0 Å². The minimum atomic E-state index is -0.762. The first-order chi connectivity index (χ1) is 16.7. The lowest BCUT2D eigenvalue weighted by Crippen LogP contribution is -2.32. The van der Waals surface area contributed by atoms with Gasteiger partial charge in [0.05, 0.1) is 17.8 Å². The van der Waals surface area contributed by atoms with Crippen LogP contribution in [-0.2, 0) is 9.59 Å². The highest BCUT2D eigenvalue weighted by atomic mass is 35.5. The second-order valence-corrected chi connectivity index (χ2v) is 8.46. The van der Waals surface area contributed by atoms with Gasteiger partial charge in [-0.1, -0.05) is 40.9 Å². The standard InChI is InChI=1S/C24H15Cl3FN3O4/c1-35-19-8-5-13(25)10-18(19)31-23(33)20(27)21(24(31)34)29-14-4-2-3-12(9-14)22(32)30-15-6-7-17(28)16(26)11-15/h2-11,29H,1H3,(H,30,32). The van der Waals surface area contributed by atoms with Gasteiger partial charge in [0.1, 0.15) is 22.3 Å². The van der Waals surface area contributed by atoms with E-state index < -0.39 is 23.5 Å². The normalized spacial score (nSPS) is 13.3. The Morgan fingerprint density at radius 1 is 0.943 bits per heavy atom. The summed E-state index contributed by atoms with van der Waals surface area (Å²) in [5.74, 6) is -2.35. The van der Waals surface area contributed by atoms with Gasteiger partial charge >= 0.3 is 0 Å². The van der Waals surface area contributed by atoms with E-state index in [1.807, 2.05) is 0 Å². The Labute approximate surface area is 214 Å². The Bertz CT molecular complexity index is 1410. The molecule has 0 bridgehead atoms. The third-order valence-corrected chi connectivity index (χ3v) is 5.86. The summed E-state index contributed by atoms with van der Waals surface area (Å²) >= 11 is 18.0. The SMILES string of the molecule is COc1ccc(Cl)cc1N1C(=O)C(Cl)=C(Nc2cccc(C(=O)Nc3ccc(F)c(Cl)c3)c2)C1=O. The van der Waals surface area contributed by atoms with Crippen molar-refractivity contribution in [2.45, 2.75) is 0 Å². The predicted molar refractivity (Wildman–Crippen MR) is 133 cm³/mol. The molecule has 1 heterocycles. The molecule has 0 aliphatic carbocycles. The van der Waals surface area contributed by atoms with Crippen LogP contribution in [0.4, 0.5) is 21.5 Å². The molecule has 0 radical (unpaired) electrons. The molecular weight excluding hydrogens is 520 g/mol. The molecule has 0 atom stereocenters. The average molecular weight is 535 g/mol. The zero-order valence-corrected chi connectivity index (χ0v) is 20.1. The van der Waals surface area contributed by atoms with Crippen LogP contribution in [0.15, 0.2) is 71.4 Å². The van der Waals surface area contributed by atoms with Gasteiger partial charge in [-0.15, -0.1) is 0 Å². The number of anilines is 3. The van der Waals surface area contributed by atoms with Crippen LogP contribution in [0, 0.1) is 5.82 Å². The van der Waals surface area contributed by atoms with Crippen LogP contribution in [0.25, 0.3) is 0 Å². The van der Waals surface area contributed by atoms with E-state index in [1.54, 1.807) is 18.2 Å². The number of nitrogens with zero attached hydrogens (tertiary/aromatic N) is 1. The fourth-order valence-electron chi connectivity index (χ4n) is 3.33. The van der Waals surface area contributed by atoms with Gasteiger partial charge in [-0.25, -0.2) is 9.29 Å². The molecule has 0 saturated heterocycles. The van der Waals surface area contributed by atoms with Gasteiger partial charge in [0.2, 0.25) is 0 Å². The van der Waals surface area contributed by atoms with Crippen LogP contribution < -0.4 is 20.3 Å². The maximum absolute atomic E-state index is 13.4. The molecule has 0 unspecified atom stereocenters. The number of benzene rings is 3. The van der Waals surface area contributed by atoms with Crippen LogP contribution in [0.2, 0.25) is 10.0 Å². The highest BCUT2D eigenvalue weighted by Gasteiger charge is 2.40. The zero-order chi connectivity index (χ0) is 25.3. The maximum Gasteiger partial charge on any atom is 0.283 e. The molecule has 0 spiro atoms. The van der Waals surface area contributed by atoms with E-state index in [0.717, 1.165) is 11.0 Å². The Morgan fingerprint density at radius 2 is 1.71 bits per heavy atom.